The standard InChI is InChI=1S/C32H47FN2O2/c1-6-19-35(31(36)34-20-9-10-21-34)24-26(4)32(7-2,18-8-11-22-37-5)28-16-13-17-29(33)30(28)27-15-12-14-25(3)23-27/h12-17,23,26H,6-11,18-22,24H2,1-5H3. The molecule has 2 unspecified atom stereocenters. The number of rotatable bonds is 13. The molecule has 0 spiro atoms. The van der Waals surface area contributed by atoms with Crippen LogP contribution in [0.4, 0.5) is 9.18 Å². The molecule has 5 heteroatoms. The van der Waals surface area contributed by atoms with Gasteiger partial charge < -0.3 is 14.5 Å². The van der Waals surface area contributed by atoms with Crippen molar-refractivity contribution in [2.75, 3.05) is 39.9 Å². The highest BCUT2D eigenvalue weighted by Crippen LogP contribution is 2.46. The number of amides is 2. The molecule has 1 saturated heterocycles. The number of unbranched alkanes of at least 4 members (excludes halogenated alkanes) is 1. The smallest absolute Gasteiger partial charge is 0.320 e. The van der Waals surface area contributed by atoms with Gasteiger partial charge in [-0.2, -0.15) is 0 Å². The minimum atomic E-state index is -0.272. The zero-order valence-corrected chi connectivity index (χ0v) is 23.7. The Morgan fingerprint density at radius 1 is 1.14 bits per heavy atom. The molecule has 2 aromatic carbocycles. The number of nitrogens with zero attached hydrogens (tertiary/aromatic N) is 2. The van der Waals surface area contributed by atoms with Crippen LogP contribution in [0.1, 0.15) is 76.8 Å². The van der Waals surface area contributed by atoms with E-state index in [4.69, 9.17) is 4.74 Å². The topological polar surface area (TPSA) is 32.8 Å². The van der Waals surface area contributed by atoms with E-state index in [1.54, 1.807) is 13.2 Å². The van der Waals surface area contributed by atoms with Crippen molar-refractivity contribution in [1.82, 2.24) is 9.80 Å². The predicted octanol–water partition coefficient (Wildman–Crippen LogP) is 7.83. The third kappa shape index (κ3) is 6.93. The van der Waals surface area contributed by atoms with Crippen molar-refractivity contribution < 1.29 is 13.9 Å². The quantitative estimate of drug-likeness (QED) is 0.257. The van der Waals surface area contributed by atoms with Crippen LogP contribution in [-0.2, 0) is 10.2 Å². The first kappa shape index (κ1) is 29.2. The summed E-state index contributed by atoms with van der Waals surface area (Å²) in [6, 6.07) is 13.9. The normalized spacial score (nSPS) is 16.0. The van der Waals surface area contributed by atoms with E-state index in [2.05, 4.69) is 50.8 Å². The van der Waals surface area contributed by atoms with E-state index in [0.29, 0.717) is 12.1 Å². The summed E-state index contributed by atoms with van der Waals surface area (Å²) in [5.41, 5.74) is 3.54. The molecule has 204 valence electrons. The average molecular weight is 511 g/mol. The molecule has 0 saturated carbocycles. The summed E-state index contributed by atoms with van der Waals surface area (Å²) >= 11 is 0. The summed E-state index contributed by atoms with van der Waals surface area (Å²) < 4.78 is 21.0. The minimum absolute atomic E-state index is 0.156. The van der Waals surface area contributed by atoms with Gasteiger partial charge in [-0.25, -0.2) is 9.18 Å². The Morgan fingerprint density at radius 3 is 2.51 bits per heavy atom. The van der Waals surface area contributed by atoms with E-state index in [0.717, 1.165) is 87.9 Å². The number of hydrogen-bond acceptors (Lipinski definition) is 2. The van der Waals surface area contributed by atoms with Gasteiger partial charge in [0, 0.05) is 50.9 Å². The molecule has 1 aliphatic rings. The molecule has 0 radical (unpaired) electrons. The Balaban J connectivity index is 2.05. The van der Waals surface area contributed by atoms with Crippen LogP contribution in [-0.4, -0.2) is 55.7 Å². The first-order valence-corrected chi connectivity index (χ1v) is 14.3. The zero-order chi connectivity index (χ0) is 26.8. The predicted molar refractivity (Wildman–Crippen MR) is 151 cm³/mol. The largest absolute Gasteiger partial charge is 0.385 e. The minimum Gasteiger partial charge on any atom is -0.385 e. The van der Waals surface area contributed by atoms with Crippen LogP contribution in [0.15, 0.2) is 42.5 Å². The lowest BCUT2D eigenvalue weighted by molar-refractivity contribution is 0.132. The number of benzene rings is 2. The van der Waals surface area contributed by atoms with Crippen molar-refractivity contribution >= 4 is 6.03 Å². The summed E-state index contributed by atoms with van der Waals surface area (Å²) in [4.78, 5) is 17.5. The van der Waals surface area contributed by atoms with Crippen LogP contribution in [0.25, 0.3) is 11.1 Å². The molecule has 1 aliphatic heterocycles. The molecule has 3 rings (SSSR count). The average Bonchev–Trinajstić information content (AvgIpc) is 3.43. The van der Waals surface area contributed by atoms with Gasteiger partial charge in [-0.05, 0) is 68.6 Å². The van der Waals surface area contributed by atoms with Crippen molar-refractivity contribution in [3.05, 3.63) is 59.4 Å². The third-order valence-corrected chi connectivity index (χ3v) is 8.29. The SMILES string of the molecule is CCCN(CC(C)C(CC)(CCCCOC)c1cccc(F)c1-c1cccc(C)c1)C(=O)N1CCCC1. The van der Waals surface area contributed by atoms with Gasteiger partial charge in [0.05, 0.1) is 0 Å². The third-order valence-electron chi connectivity index (χ3n) is 8.29. The fraction of sp³-hybridized carbons (Fsp3) is 0.594. The lowest BCUT2D eigenvalue weighted by Crippen LogP contribution is -2.48. The number of halogens is 1. The fourth-order valence-corrected chi connectivity index (χ4v) is 6.23. The maximum absolute atomic E-state index is 15.7. The molecule has 4 nitrogen and oxygen atoms in total. The number of likely N-dealkylation sites (tertiary alicyclic amines) is 1. The fourth-order valence-electron chi connectivity index (χ4n) is 6.23. The molecule has 0 N–H and O–H groups in total. The van der Waals surface area contributed by atoms with Crippen molar-refractivity contribution in [3.63, 3.8) is 0 Å². The van der Waals surface area contributed by atoms with Gasteiger partial charge in [0.25, 0.3) is 0 Å². The number of aryl methyl sites for hydroxylation is 1. The molecule has 1 fully saturated rings. The second-order valence-electron chi connectivity index (χ2n) is 10.8. The van der Waals surface area contributed by atoms with Crippen molar-refractivity contribution in [1.29, 1.82) is 0 Å². The Kier molecular flexibility index (Phi) is 11.0. The highest BCUT2D eigenvalue weighted by molar-refractivity contribution is 5.75. The van der Waals surface area contributed by atoms with Gasteiger partial charge in [0.2, 0.25) is 0 Å². The number of methoxy groups -OCH3 is 1. The van der Waals surface area contributed by atoms with Crippen LogP contribution < -0.4 is 0 Å². The van der Waals surface area contributed by atoms with Crippen molar-refractivity contribution in [2.45, 2.75) is 78.1 Å². The van der Waals surface area contributed by atoms with E-state index < -0.39 is 0 Å². The van der Waals surface area contributed by atoms with Gasteiger partial charge in [-0.1, -0.05) is 69.2 Å². The maximum atomic E-state index is 15.7. The maximum Gasteiger partial charge on any atom is 0.320 e. The number of urea groups is 1. The summed E-state index contributed by atoms with van der Waals surface area (Å²) in [5, 5.41) is 0. The summed E-state index contributed by atoms with van der Waals surface area (Å²) in [5.74, 6) is -0.0212. The van der Waals surface area contributed by atoms with Crippen LogP contribution >= 0.6 is 0 Å². The molecule has 2 aromatic rings. The Morgan fingerprint density at radius 2 is 1.86 bits per heavy atom. The van der Waals surface area contributed by atoms with Crippen LogP contribution in [0, 0.1) is 18.7 Å². The summed E-state index contributed by atoms with van der Waals surface area (Å²) in [7, 11) is 1.74. The van der Waals surface area contributed by atoms with E-state index in [9.17, 15) is 4.79 Å². The molecule has 0 bridgehead atoms. The zero-order valence-electron chi connectivity index (χ0n) is 23.7. The van der Waals surface area contributed by atoms with Gasteiger partial charge >= 0.3 is 6.03 Å². The molecular weight excluding hydrogens is 463 g/mol. The molecular formula is C32H47FN2O2. The highest BCUT2D eigenvalue weighted by Gasteiger charge is 2.40. The van der Waals surface area contributed by atoms with Crippen molar-refractivity contribution in [3.8, 4) is 11.1 Å². The number of ether oxygens (including phenoxy) is 1. The number of carbonyl (C=O) groups is 1. The van der Waals surface area contributed by atoms with E-state index in [1.807, 2.05) is 23.1 Å². The highest BCUT2D eigenvalue weighted by atomic mass is 19.1. The van der Waals surface area contributed by atoms with E-state index in [-0.39, 0.29) is 23.2 Å². The molecule has 0 aromatic heterocycles. The molecule has 1 heterocycles. The second kappa shape index (κ2) is 13.9. The summed E-state index contributed by atoms with van der Waals surface area (Å²) in [6.45, 7) is 12.5. The second-order valence-corrected chi connectivity index (χ2v) is 10.8. The van der Waals surface area contributed by atoms with Gasteiger partial charge in [-0.15, -0.1) is 0 Å². The van der Waals surface area contributed by atoms with Crippen LogP contribution in [0.5, 0.6) is 0 Å². The molecule has 2 atom stereocenters. The summed E-state index contributed by atoms with van der Waals surface area (Å²) in [6.07, 6.45) is 6.85. The lowest BCUT2D eigenvalue weighted by atomic mass is 9.64. The molecule has 2 amide bonds. The Hall–Kier alpha value is -2.40. The Bertz CT molecular complexity index is 1000. The van der Waals surface area contributed by atoms with Gasteiger partial charge in [0.15, 0.2) is 0 Å². The monoisotopic (exact) mass is 510 g/mol. The molecule has 0 aliphatic carbocycles. The first-order chi connectivity index (χ1) is 17.9. The van der Waals surface area contributed by atoms with E-state index >= 15 is 4.39 Å². The van der Waals surface area contributed by atoms with Crippen LogP contribution in [0.2, 0.25) is 0 Å². The molecule has 37 heavy (non-hydrogen) atoms. The lowest BCUT2D eigenvalue weighted by Gasteiger charge is -2.43. The number of hydrogen-bond donors (Lipinski definition) is 0. The number of carbonyl (C=O) groups excluding carboxylic acids is 1. The first-order valence-electron chi connectivity index (χ1n) is 14.3. The van der Waals surface area contributed by atoms with Gasteiger partial charge in [0.1, 0.15) is 5.82 Å². The van der Waals surface area contributed by atoms with Gasteiger partial charge in [-0.3, -0.25) is 0 Å². The Labute approximate surface area is 224 Å². The van der Waals surface area contributed by atoms with Crippen LogP contribution in [0.3, 0.4) is 0 Å². The van der Waals surface area contributed by atoms with E-state index in [1.165, 1.54) is 0 Å². The van der Waals surface area contributed by atoms with Crippen molar-refractivity contribution in [2.24, 2.45) is 5.92 Å².